The molecule has 0 radical (unpaired) electrons. The van der Waals surface area contributed by atoms with Gasteiger partial charge in [0.2, 0.25) is 0 Å². The predicted octanol–water partition coefficient (Wildman–Crippen LogP) is 2.71. The molecule has 26 heavy (non-hydrogen) atoms. The van der Waals surface area contributed by atoms with Crippen molar-refractivity contribution in [3.05, 3.63) is 47.0 Å². The van der Waals surface area contributed by atoms with Crippen molar-refractivity contribution in [2.75, 3.05) is 34.0 Å². The molecule has 1 aliphatic heterocycles. The summed E-state index contributed by atoms with van der Waals surface area (Å²) in [5.41, 5.74) is 3.78. The van der Waals surface area contributed by atoms with Crippen molar-refractivity contribution in [3.63, 3.8) is 0 Å². The summed E-state index contributed by atoms with van der Waals surface area (Å²) in [4.78, 5) is 0. The molecule has 0 amide bonds. The lowest BCUT2D eigenvalue weighted by atomic mass is 9.89. The van der Waals surface area contributed by atoms with Crippen LogP contribution in [0, 0.1) is 0 Å². The molecule has 140 valence electrons. The van der Waals surface area contributed by atoms with E-state index in [1.54, 1.807) is 14.2 Å². The minimum atomic E-state index is 0.202. The van der Waals surface area contributed by atoms with Crippen molar-refractivity contribution >= 4 is 0 Å². The van der Waals surface area contributed by atoms with Crippen LogP contribution in [0.4, 0.5) is 0 Å². The molecule has 0 spiro atoms. The minimum Gasteiger partial charge on any atom is -0.493 e. The molecule has 1 heterocycles. The van der Waals surface area contributed by atoms with E-state index in [0.717, 1.165) is 36.0 Å². The lowest BCUT2D eigenvalue weighted by molar-refractivity contribution is -0.690. The maximum Gasteiger partial charge on any atom is 0.161 e. The Morgan fingerprint density at radius 3 is 2.23 bits per heavy atom. The molecule has 2 aromatic carbocycles. The van der Waals surface area contributed by atoms with Crippen LogP contribution < -0.4 is 24.3 Å². The minimum absolute atomic E-state index is 0.202. The fourth-order valence-corrected chi connectivity index (χ4v) is 3.55. The first kappa shape index (κ1) is 18.4. The van der Waals surface area contributed by atoms with Crippen LogP contribution in [0.5, 0.6) is 23.0 Å². The van der Waals surface area contributed by atoms with Crippen LogP contribution in [-0.4, -0.2) is 34.0 Å². The molecule has 1 atom stereocenters. The monoisotopic (exact) mass is 358 g/mol. The van der Waals surface area contributed by atoms with Gasteiger partial charge in [0.1, 0.15) is 6.04 Å². The fourth-order valence-electron chi connectivity index (χ4n) is 3.55. The molecule has 2 aromatic rings. The largest absolute Gasteiger partial charge is 0.493 e. The van der Waals surface area contributed by atoms with Gasteiger partial charge in [-0.2, -0.15) is 0 Å². The van der Waals surface area contributed by atoms with Crippen molar-refractivity contribution in [2.24, 2.45) is 0 Å². The number of nitrogens with two attached hydrogens (primary N) is 1. The van der Waals surface area contributed by atoms with Gasteiger partial charge in [-0.05, 0) is 49.7 Å². The maximum atomic E-state index is 5.84. The Morgan fingerprint density at radius 1 is 0.885 bits per heavy atom. The number of fused-ring (bicyclic) bond motifs is 1. The summed E-state index contributed by atoms with van der Waals surface area (Å²) in [6, 6.07) is 10.6. The first-order chi connectivity index (χ1) is 12.7. The third-order valence-corrected chi connectivity index (χ3v) is 4.72. The summed E-state index contributed by atoms with van der Waals surface area (Å²) in [5.74, 6) is 3.14. The van der Waals surface area contributed by atoms with E-state index in [1.807, 2.05) is 19.9 Å². The fraction of sp³-hybridized carbons (Fsp3) is 0.429. The smallest absolute Gasteiger partial charge is 0.161 e. The van der Waals surface area contributed by atoms with E-state index in [4.69, 9.17) is 18.9 Å². The van der Waals surface area contributed by atoms with Gasteiger partial charge in [-0.25, -0.2) is 0 Å². The topological polar surface area (TPSA) is 53.5 Å². The van der Waals surface area contributed by atoms with E-state index in [1.165, 1.54) is 16.7 Å². The first-order valence-electron chi connectivity index (χ1n) is 9.19. The Morgan fingerprint density at radius 2 is 1.58 bits per heavy atom. The van der Waals surface area contributed by atoms with Crippen molar-refractivity contribution in [1.29, 1.82) is 0 Å². The van der Waals surface area contributed by atoms with Crippen LogP contribution in [0.15, 0.2) is 30.3 Å². The average Bonchev–Trinajstić information content (AvgIpc) is 2.68. The van der Waals surface area contributed by atoms with Crippen molar-refractivity contribution in [3.8, 4) is 23.0 Å². The van der Waals surface area contributed by atoms with Gasteiger partial charge in [0, 0.05) is 17.5 Å². The Balaban J connectivity index is 2.04. The standard InChI is InChI=1S/C21H27NO4/c1-5-25-19-11-14-9-10-22-21(16(14)13-20(19)26-6-2)15-7-8-17(23-3)18(12-15)24-4/h7-8,11-13,21-22H,5-6,9-10H2,1-4H3/p+1/t21-/m1/s1. The number of ether oxygens (including phenoxy) is 4. The molecule has 1 aliphatic rings. The molecule has 0 aliphatic carbocycles. The number of methoxy groups -OCH3 is 2. The van der Waals surface area contributed by atoms with Crippen molar-refractivity contribution in [2.45, 2.75) is 26.3 Å². The zero-order chi connectivity index (χ0) is 18.5. The number of benzene rings is 2. The maximum absolute atomic E-state index is 5.84. The van der Waals surface area contributed by atoms with Crippen LogP contribution in [0.1, 0.15) is 36.6 Å². The van der Waals surface area contributed by atoms with E-state index >= 15 is 0 Å². The Labute approximate surface area is 155 Å². The van der Waals surface area contributed by atoms with Gasteiger partial charge < -0.3 is 24.3 Å². The second-order valence-electron chi connectivity index (χ2n) is 6.23. The van der Waals surface area contributed by atoms with Crippen LogP contribution in [0.25, 0.3) is 0 Å². The molecular weight excluding hydrogens is 330 g/mol. The molecule has 0 bridgehead atoms. The quantitative estimate of drug-likeness (QED) is 0.827. The number of quaternary nitrogens is 1. The van der Waals surface area contributed by atoms with Crippen molar-refractivity contribution < 1.29 is 24.3 Å². The molecule has 0 aromatic heterocycles. The molecular formula is C21H28NO4+. The normalized spacial score (nSPS) is 15.9. The summed E-state index contributed by atoms with van der Waals surface area (Å²) < 4.78 is 22.5. The summed E-state index contributed by atoms with van der Waals surface area (Å²) in [6.07, 6.45) is 1.02. The van der Waals surface area contributed by atoms with Gasteiger partial charge in [0.15, 0.2) is 23.0 Å². The van der Waals surface area contributed by atoms with Gasteiger partial charge in [-0.1, -0.05) is 0 Å². The lowest BCUT2D eigenvalue weighted by Gasteiger charge is -2.26. The van der Waals surface area contributed by atoms with E-state index in [2.05, 4.69) is 29.6 Å². The zero-order valence-electron chi connectivity index (χ0n) is 16.0. The molecule has 3 rings (SSSR count). The third kappa shape index (κ3) is 3.58. The van der Waals surface area contributed by atoms with E-state index in [9.17, 15) is 0 Å². The van der Waals surface area contributed by atoms with E-state index in [-0.39, 0.29) is 6.04 Å². The lowest BCUT2D eigenvalue weighted by Crippen LogP contribution is -2.87. The Hall–Kier alpha value is -2.40. The van der Waals surface area contributed by atoms with Crippen molar-refractivity contribution in [1.82, 2.24) is 0 Å². The summed E-state index contributed by atoms with van der Waals surface area (Å²) in [5, 5.41) is 2.36. The number of hydrogen-bond acceptors (Lipinski definition) is 4. The third-order valence-electron chi connectivity index (χ3n) is 4.72. The second kappa shape index (κ2) is 8.32. The van der Waals surface area contributed by atoms with E-state index in [0.29, 0.717) is 13.2 Å². The molecule has 2 N–H and O–H groups in total. The van der Waals surface area contributed by atoms with Gasteiger partial charge in [0.05, 0.1) is 34.0 Å². The summed E-state index contributed by atoms with van der Waals surface area (Å²) in [6.45, 7) is 6.27. The Kier molecular flexibility index (Phi) is 5.89. The summed E-state index contributed by atoms with van der Waals surface area (Å²) in [7, 11) is 3.32. The zero-order valence-corrected chi connectivity index (χ0v) is 16.0. The Bertz CT molecular complexity index is 760. The van der Waals surface area contributed by atoms with Crippen LogP contribution in [-0.2, 0) is 6.42 Å². The van der Waals surface area contributed by atoms with E-state index < -0.39 is 0 Å². The van der Waals surface area contributed by atoms with Gasteiger partial charge >= 0.3 is 0 Å². The number of hydrogen-bond donors (Lipinski definition) is 1. The highest BCUT2D eigenvalue weighted by atomic mass is 16.5. The second-order valence-corrected chi connectivity index (χ2v) is 6.23. The highest BCUT2D eigenvalue weighted by molar-refractivity contribution is 5.52. The highest BCUT2D eigenvalue weighted by Gasteiger charge is 2.28. The summed E-state index contributed by atoms with van der Waals surface area (Å²) >= 11 is 0. The van der Waals surface area contributed by atoms with Gasteiger partial charge in [0.25, 0.3) is 0 Å². The van der Waals surface area contributed by atoms with Crippen LogP contribution >= 0.6 is 0 Å². The molecule has 0 saturated carbocycles. The SMILES string of the molecule is CCOc1cc2c(cc1OCC)[C@@H](c1ccc(OC)c(OC)c1)[NH2+]CC2. The van der Waals surface area contributed by atoms with Gasteiger partial charge in [-0.15, -0.1) is 0 Å². The number of rotatable bonds is 7. The molecule has 5 nitrogen and oxygen atoms in total. The van der Waals surface area contributed by atoms with Crippen LogP contribution in [0.3, 0.4) is 0 Å². The molecule has 0 unspecified atom stereocenters. The molecule has 5 heteroatoms. The van der Waals surface area contributed by atoms with Gasteiger partial charge in [-0.3, -0.25) is 0 Å². The average molecular weight is 358 g/mol. The predicted molar refractivity (Wildman–Crippen MR) is 101 cm³/mol. The molecule has 0 saturated heterocycles. The first-order valence-corrected chi connectivity index (χ1v) is 9.19. The van der Waals surface area contributed by atoms with Crippen LogP contribution in [0.2, 0.25) is 0 Å². The molecule has 0 fully saturated rings. The highest BCUT2D eigenvalue weighted by Crippen LogP contribution is 2.37.